The molecule has 0 spiro atoms. The molecule has 0 bridgehead atoms. The number of carbonyl (C=O) groups is 1. The van der Waals surface area contributed by atoms with Crippen LogP contribution in [0.5, 0.6) is 0 Å². The number of ether oxygens (including phenoxy) is 1. The van der Waals surface area contributed by atoms with E-state index in [-0.39, 0.29) is 5.97 Å². The van der Waals surface area contributed by atoms with Gasteiger partial charge in [0.05, 0.1) is 12.2 Å². The number of aromatic amines is 1. The van der Waals surface area contributed by atoms with Gasteiger partial charge in [-0.2, -0.15) is 0 Å². The van der Waals surface area contributed by atoms with E-state index in [4.69, 9.17) is 4.74 Å². The van der Waals surface area contributed by atoms with Crippen molar-refractivity contribution in [2.45, 2.75) is 6.92 Å². The first kappa shape index (κ1) is 13.9. The molecule has 0 aliphatic heterocycles. The number of nitrogens with one attached hydrogen (secondary N) is 1. The lowest BCUT2D eigenvalue weighted by Crippen LogP contribution is -2.03. The second-order valence-electron chi connectivity index (χ2n) is 4.69. The number of aromatic nitrogens is 1. The normalized spacial score (nSPS) is 10.8. The van der Waals surface area contributed by atoms with E-state index in [9.17, 15) is 4.79 Å². The fraction of sp³-hybridized carbons (Fsp3) is 0.118. The quantitative estimate of drug-likeness (QED) is 0.695. The molecule has 0 saturated heterocycles. The molecular weight excluding hydrogens is 330 g/mol. The Bertz CT molecular complexity index is 807. The number of esters is 1. The standard InChI is InChI=1S/C17H14BrNO2/c1-2-21-17(20)11-7-8-15-12(9-11)10-16(19-15)13-5-3-4-6-14(13)18/h3-10,19H,2H2,1H3. The summed E-state index contributed by atoms with van der Waals surface area (Å²) in [6, 6.07) is 15.6. The number of hydrogen-bond donors (Lipinski definition) is 1. The van der Waals surface area contributed by atoms with Gasteiger partial charge in [-0.25, -0.2) is 4.79 Å². The highest BCUT2D eigenvalue weighted by Crippen LogP contribution is 2.30. The van der Waals surface area contributed by atoms with Gasteiger partial charge in [0.25, 0.3) is 0 Å². The molecule has 3 aromatic rings. The number of carbonyl (C=O) groups excluding carboxylic acids is 1. The molecule has 1 aromatic heterocycles. The molecule has 0 amide bonds. The summed E-state index contributed by atoms with van der Waals surface area (Å²) in [6.45, 7) is 2.18. The Morgan fingerprint density at radius 2 is 2.00 bits per heavy atom. The molecule has 0 aliphatic rings. The lowest BCUT2D eigenvalue weighted by atomic mass is 10.1. The number of H-pyrrole nitrogens is 1. The third-order valence-electron chi connectivity index (χ3n) is 3.30. The first-order chi connectivity index (χ1) is 10.2. The number of rotatable bonds is 3. The predicted octanol–water partition coefficient (Wildman–Crippen LogP) is 4.77. The molecule has 3 rings (SSSR count). The van der Waals surface area contributed by atoms with Crippen molar-refractivity contribution in [3.05, 3.63) is 58.6 Å². The van der Waals surface area contributed by atoms with E-state index in [1.165, 1.54) is 0 Å². The molecule has 0 unspecified atom stereocenters. The molecule has 0 atom stereocenters. The van der Waals surface area contributed by atoms with Crippen molar-refractivity contribution in [1.29, 1.82) is 0 Å². The summed E-state index contributed by atoms with van der Waals surface area (Å²) in [5.41, 5.74) is 3.67. The average Bonchev–Trinajstić information content (AvgIpc) is 2.90. The molecule has 0 radical (unpaired) electrons. The first-order valence-corrected chi connectivity index (χ1v) is 7.53. The van der Waals surface area contributed by atoms with Gasteiger partial charge in [0.1, 0.15) is 0 Å². The van der Waals surface area contributed by atoms with Gasteiger partial charge in [-0.15, -0.1) is 0 Å². The second kappa shape index (κ2) is 5.74. The Kier molecular flexibility index (Phi) is 3.80. The van der Waals surface area contributed by atoms with Crippen molar-refractivity contribution in [3.8, 4) is 11.3 Å². The monoisotopic (exact) mass is 343 g/mol. The van der Waals surface area contributed by atoms with Crippen LogP contribution < -0.4 is 0 Å². The van der Waals surface area contributed by atoms with Crippen LogP contribution in [-0.4, -0.2) is 17.6 Å². The molecule has 21 heavy (non-hydrogen) atoms. The summed E-state index contributed by atoms with van der Waals surface area (Å²) in [7, 11) is 0. The van der Waals surface area contributed by atoms with Crippen molar-refractivity contribution >= 4 is 32.8 Å². The van der Waals surface area contributed by atoms with Crippen molar-refractivity contribution in [1.82, 2.24) is 4.98 Å². The lowest BCUT2D eigenvalue weighted by Gasteiger charge is -2.01. The SMILES string of the molecule is CCOC(=O)c1ccc2[nH]c(-c3ccccc3Br)cc2c1. The van der Waals surface area contributed by atoms with Crippen LogP contribution in [-0.2, 0) is 4.74 Å². The molecular formula is C17H14BrNO2. The summed E-state index contributed by atoms with van der Waals surface area (Å²) in [4.78, 5) is 15.1. The molecule has 0 saturated carbocycles. The maximum Gasteiger partial charge on any atom is 0.338 e. The second-order valence-corrected chi connectivity index (χ2v) is 5.54. The van der Waals surface area contributed by atoms with Crippen molar-refractivity contribution < 1.29 is 9.53 Å². The van der Waals surface area contributed by atoms with Gasteiger partial charge < -0.3 is 9.72 Å². The van der Waals surface area contributed by atoms with E-state index in [1.54, 1.807) is 13.0 Å². The van der Waals surface area contributed by atoms with E-state index < -0.39 is 0 Å². The Hall–Kier alpha value is -2.07. The molecule has 1 N–H and O–H groups in total. The smallest absolute Gasteiger partial charge is 0.338 e. The Morgan fingerprint density at radius 3 is 2.76 bits per heavy atom. The van der Waals surface area contributed by atoms with E-state index in [0.717, 1.165) is 26.6 Å². The van der Waals surface area contributed by atoms with Crippen LogP contribution >= 0.6 is 15.9 Å². The van der Waals surface area contributed by atoms with E-state index in [2.05, 4.69) is 20.9 Å². The molecule has 1 heterocycles. The number of benzene rings is 2. The highest BCUT2D eigenvalue weighted by molar-refractivity contribution is 9.10. The largest absolute Gasteiger partial charge is 0.462 e. The highest BCUT2D eigenvalue weighted by Gasteiger charge is 2.10. The van der Waals surface area contributed by atoms with Crippen LogP contribution in [0.3, 0.4) is 0 Å². The van der Waals surface area contributed by atoms with Gasteiger partial charge in [0.15, 0.2) is 0 Å². The fourth-order valence-corrected chi connectivity index (χ4v) is 2.80. The highest BCUT2D eigenvalue weighted by atomic mass is 79.9. The fourth-order valence-electron chi connectivity index (χ4n) is 2.30. The van der Waals surface area contributed by atoms with Gasteiger partial charge in [0, 0.05) is 26.6 Å². The molecule has 106 valence electrons. The maximum atomic E-state index is 11.8. The van der Waals surface area contributed by atoms with E-state index in [1.807, 2.05) is 42.5 Å². The minimum atomic E-state index is -0.289. The van der Waals surface area contributed by atoms with Gasteiger partial charge in [0.2, 0.25) is 0 Å². The summed E-state index contributed by atoms with van der Waals surface area (Å²) >= 11 is 3.55. The number of hydrogen-bond acceptors (Lipinski definition) is 2. The lowest BCUT2D eigenvalue weighted by molar-refractivity contribution is 0.0526. The molecule has 2 aromatic carbocycles. The third-order valence-corrected chi connectivity index (χ3v) is 3.99. The maximum absolute atomic E-state index is 11.8. The van der Waals surface area contributed by atoms with E-state index >= 15 is 0 Å². The van der Waals surface area contributed by atoms with Gasteiger partial charge >= 0.3 is 5.97 Å². The molecule has 4 heteroatoms. The molecule has 3 nitrogen and oxygen atoms in total. The Balaban J connectivity index is 2.05. The summed E-state index contributed by atoms with van der Waals surface area (Å²) in [5, 5.41) is 0.992. The van der Waals surface area contributed by atoms with Gasteiger partial charge in [-0.1, -0.05) is 34.1 Å². The number of fused-ring (bicyclic) bond motifs is 1. The average molecular weight is 344 g/mol. The Labute approximate surface area is 131 Å². The van der Waals surface area contributed by atoms with Crippen LogP contribution in [0.15, 0.2) is 53.0 Å². The van der Waals surface area contributed by atoms with E-state index in [0.29, 0.717) is 12.2 Å². The minimum absolute atomic E-state index is 0.289. The van der Waals surface area contributed by atoms with Crippen molar-refractivity contribution in [2.24, 2.45) is 0 Å². The zero-order valence-corrected chi connectivity index (χ0v) is 13.1. The van der Waals surface area contributed by atoms with Crippen LogP contribution in [0.25, 0.3) is 22.2 Å². The first-order valence-electron chi connectivity index (χ1n) is 6.74. The summed E-state index contributed by atoms with van der Waals surface area (Å²) < 4.78 is 6.06. The zero-order valence-electron chi connectivity index (χ0n) is 11.5. The Morgan fingerprint density at radius 1 is 1.19 bits per heavy atom. The predicted molar refractivity (Wildman–Crippen MR) is 87.4 cm³/mol. The van der Waals surface area contributed by atoms with Crippen molar-refractivity contribution in [2.75, 3.05) is 6.61 Å². The molecule has 0 aliphatic carbocycles. The van der Waals surface area contributed by atoms with Crippen molar-refractivity contribution in [3.63, 3.8) is 0 Å². The van der Waals surface area contributed by atoms with Crippen LogP contribution in [0.1, 0.15) is 17.3 Å². The topological polar surface area (TPSA) is 42.1 Å². The van der Waals surface area contributed by atoms with Gasteiger partial charge in [-0.3, -0.25) is 0 Å². The molecule has 0 fully saturated rings. The zero-order chi connectivity index (χ0) is 14.8. The van der Waals surface area contributed by atoms with Crippen LogP contribution in [0.2, 0.25) is 0 Å². The van der Waals surface area contributed by atoms with Crippen LogP contribution in [0, 0.1) is 0 Å². The summed E-state index contributed by atoms with van der Waals surface area (Å²) in [5.74, 6) is -0.289. The summed E-state index contributed by atoms with van der Waals surface area (Å²) in [6.07, 6.45) is 0. The third kappa shape index (κ3) is 2.72. The van der Waals surface area contributed by atoms with Gasteiger partial charge in [-0.05, 0) is 37.3 Å². The minimum Gasteiger partial charge on any atom is -0.462 e. The number of halogens is 1. The van der Waals surface area contributed by atoms with Crippen LogP contribution in [0.4, 0.5) is 0 Å².